The lowest BCUT2D eigenvalue weighted by Crippen LogP contribution is -2.53. The summed E-state index contributed by atoms with van der Waals surface area (Å²) in [5, 5.41) is 9.50. The summed E-state index contributed by atoms with van der Waals surface area (Å²) in [5.74, 6) is -1.44. The number of piperidine rings is 1. The van der Waals surface area contributed by atoms with Gasteiger partial charge in [0.15, 0.2) is 0 Å². The number of aromatic nitrogens is 1. The van der Waals surface area contributed by atoms with E-state index in [1.165, 1.54) is 0 Å². The van der Waals surface area contributed by atoms with Crippen molar-refractivity contribution >= 4 is 11.9 Å². The molecule has 0 spiro atoms. The first-order valence-corrected chi connectivity index (χ1v) is 8.84. The van der Waals surface area contributed by atoms with Crippen molar-refractivity contribution in [3.05, 3.63) is 30.1 Å². The Kier molecular flexibility index (Phi) is 5.65. The number of pyridine rings is 1. The molecular weight excluding hydrogens is 320 g/mol. The monoisotopic (exact) mass is 346 g/mol. The van der Waals surface area contributed by atoms with Gasteiger partial charge in [-0.2, -0.15) is 0 Å². The van der Waals surface area contributed by atoms with Gasteiger partial charge in [-0.3, -0.25) is 19.5 Å². The van der Waals surface area contributed by atoms with E-state index in [9.17, 15) is 14.7 Å². The zero-order valence-corrected chi connectivity index (χ0v) is 14.7. The van der Waals surface area contributed by atoms with Crippen LogP contribution in [0.5, 0.6) is 0 Å². The average molecular weight is 346 g/mol. The minimum absolute atomic E-state index is 0.107. The molecule has 7 nitrogen and oxygen atoms in total. The third-order valence-electron chi connectivity index (χ3n) is 5.17. The quantitative estimate of drug-likeness (QED) is 0.849. The molecule has 3 heterocycles. The molecule has 1 aromatic heterocycles. The van der Waals surface area contributed by atoms with Crippen molar-refractivity contribution < 1.29 is 14.7 Å². The fourth-order valence-corrected chi connectivity index (χ4v) is 3.71. The molecule has 2 atom stereocenters. The highest BCUT2D eigenvalue weighted by Crippen LogP contribution is 2.25. The highest BCUT2D eigenvalue weighted by molar-refractivity contribution is 5.80. The second-order valence-electron chi connectivity index (χ2n) is 7.15. The summed E-state index contributed by atoms with van der Waals surface area (Å²) in [6, 6.07) is 3.86. The van der Waals surface area contributed by atoms with Gasteiger partial charge in [0.25, 0.3) is 0 Å². The van der Waals surface area contributed by atoms with Gasteiger partial charge >= 0.3 is 5.97 Å². The van der Waals surface area contributed by atoms with Crippen LogP contribution in [0.2, 0.25) is 0 Å². The summed E-state index contributed by atoms with van der Waals surface area (Å²) < 4.78 is 0. The lowest BCUT2D eigenvalue weighted by Gasteiger charge is -2.39. The van der Waals surface area contributed by atoms with Crippen molar-refractivity contribution in [1.29, 1.82) is 0 Å². The van der Waals surface area contributed by atoms with E-state index in [0.717, 1.165) is 31.7 Å². The number of carboxylic acid groups (broad SMARTS) is 1. The molecule has 0 saturated carbocycles. The zero-order chi connectivity index (χ0) is 17.8. The van der Waals surface area contributed by atoms with Crippen LogP contribution in [0.4, 0.5) is 0 Å². The molecule has 7 heteroatoms. The minimum atomic E-state index is -0.813. The fourth-order valence-electron chi connectivity index (χ4n) is 3.71. The molecule has 1 amide bonds. The maximum absolute atomic E-state index is 12.9. The van der Waals surface area contributed by atoms with E-state index in [2.05, 4.69) is 21.8 Å². The molecule has 0 bridgehead atoms. The SMILES string of the molecule is CN1CCN(C(=O)[C@H]2C[C@H](C(=O)O)CN(Cc3cccnc3)C2)CC1. The van der Waals surface area contributed by atoms with Gasteiger partial charge in [-0.05, 0) is 25.1 Å². The number of hydrogen-bond donors (Lipinski definition) is 1. The Morgan fingerprint density at radius 1 is 1.20 bits per heavy atom. The van der Waals surface area contributed by atoms with E-state index < -0.39 is 11.9 Å². The number of likely N-dealkylation sites (N-methyl/N-ethyl adjacent to an activating group) is 1. The van der Waals surface area contributed by atoms with Crippen molar-refractivity contribution in [2.24, 2.45) is 11.8 Å². The number of aliphatic carboxylic acids is 1. The van der Waals surface area contributed by atoms with Crippen molar-refractivity contribution in [1.82, 2.24) is 19.7 Å². The van der Waals surface area contributed by atoms with E-state index in [1.807, 2.05) is 17.0 Å². The Morgan fingerprint density at radius 3 is 2.56 bits per heavy atom. The number of piperazine rings is 1. The Labute approximate surface area is 148 Å². The van der Waals surface area contributed by atoms with Gasteiger partial charge in [0.2, 0.25) is 5.91 Å². The molecule has 1 aromatic rings. The highest BCUT2D eigenvalue weighted by Gasteiger charge is 2.37. The van der Waals surface area contributed by atoms with Gasteiger partial charge in [0.05, 0.1) is 11.8 Å². The van der Waals surface area contributed by atoms with Crippen LogP contribution in [0, 0.1) is 11.8 Å². The van der Waals surface area contributed by atoms with Crippen LogP contribution < -0.4 is 0 Å². The van der Waals surface area contributed by atoms with Gasteiger partial charge in [-0.1, -0.05) is 6.07 Å². The van der Waals surface area contributed by atoms with Gasteiger partial charge in [0.1, 0.15) is 0 Å². The van der Waals surface area contributed by atoms with Crippen LogP contribution in [0.15, 0.2) is 24.5 Å². The number of hydrogen-bond acceptors (Lipinski definition) is 5. The fraction of sp³-hybridized carbons (Fsp3) is 0.611. The van der Waals surface area contributed by atoms with E-state index in [-0.39, 0.29) is 11.8 Å². The smallest absolute Gasteiger partial charge is 0.307 e. The van der Waals surface area contributed by atoms with Crippen LogP contribution in [0.1, 0.15) is 12.0 Å². The Hall–Kier alpha value is -1.99. The van der Waals surface area contributed by atoms with E-state index in [4.69, 9.17) is 0 Å². The predicted molar refractivity (Wildman–Crippen MR) is 92.8 cm³/mol. The number of rotatable bonds is 4. The van der Waals surface area contributed by atoms with E-state index >= 15 is 0 Å². The molecule has 136 valence electrons. The number of amides is 1. The third-order valence-corrected chi connectivity index (χ3v) is 5.17. The van der Waals surface area contributed by atoms with Gasteiger partial charge < -0.3 is 14.9 Å². The lowest BCUT2D eigenvalue weighted by molar-refractivity contribution is -0.148. The number of carbonyl (C=O) groups is 2. The number of likely N-dealkylation sites (tertiary alicyclic amines) is 1. The van der Waals surface area contributed by atoms with E-state index in [0.29, 0.717) is 26.1 Å². The minimum Gasteiger partial charge on any atom is -0.481 e. The van der Waals surface area contributed by atoms with Crippen molar-refractivity contribution in [3.63, 3.8) is 0 Å². The Morgan fingerprint density at radius 2 is 1.92 bits per heavy atom. The highest BCUT2D eigenvalue weighted by atomic mass is 16.4. The summed E-state index contributed by atoms with van der Waals surface area (Å²) >= 11 is 0. The van der Waals surface area contributed by atoms with Crippen LogP contribution in [0.3, 0.4) is 0 Å². The number of carbonyl (C=O) groups excluding carboxylic acids is 1. The maximum atomic E-state index is 12.9. The number of carboxylic acids is 1. The maximum Gasteiger partial charge on any atom is 0.307 e. The summed E-state index contributed by atoms with van der Waals surface area (Å²) in [6.45, 7) is 4.93. The summed E-state index contributed by atoms with van der Waals surface area (Å²) in [5.41, 5.74) is 1.04. The molecule has 25 heavy (non-hydrogen) atoms. The molecule has 2 aliphatic heterocycles. The second kappa shape index (κ2) is 7.93. The Balaban J connectivity index is 1.67. The van der Waals surface area contributed by atoms with Crippen LogP contribution in [-0.4, -0.2) is 83.0 Å². The predicted octanol–water partition coefficient (Wildman–Crippen LogP) is 0.378. The molecule has 0 aliphatic carbocycles. The molecule has 2 aliphatic rings. The second-order valence-corrected chi connectivity index (χ2v) is 7.15. The first kappa shape index (κ1) is 17.8. The molecule has 0 radical (unpaired) electrons. The van der Waals surface area contributed by atoms with Crippen LogP contribution in [0.25, 0.3) is 0 Å². The van der Waals surface area contributed by atoms with Gasteiger partial charge in [-0.25, -0.2) is 0 Å². The van der Waals surface area contributed by atoms with Crippen molar-refractivity contribution in [2.75, 3.05) is 46.3 Å². The zero-order valence-electron chi connectivity index (χ0n) is 14.7. The molecular formula is C18H26N4O3. The molecule has 0 aromatic carbocycles. The van der Waals surface area contributed by atoms with E-state index in [1.54, 1.807) is 12.4 Å². The molecule has 1 N–H and O–H groups in total. The summed E-state index contributed by atoms with van der Waals surface area (Å²) in [4.78, 5) is 34.8. The van der Waals surface area contributed by atoms with Crippen LogP contribution in [-0.2, 0) is 16.1 Å². The Bertz CT molecular complexity index is 602. The molecule has 3 rings (SSSR count). The van der Waals surface area contributed by atoms with Crippen molar-refractivity contribution in [2.45, 2.75) is 13.0 Å². The average Bonchev–Trinajstić information content (AvgIpc) is 2.62. The lowest BCUT2D eigenvalue weighted by atomic mass is 9.87. The first-order valence-electron chi connectivity index (χ1n) is 8.84. The topological polar surface area (TPSA) is 77.0 Å². The molecule has 2 saturated heterocycles. The normalized spacial score (nSPS) is 25.7. The standard InChI is InChI=1S/C18H26N4O3/c1-20-5-7-22(8-6-20)17(23)15-9-16(18(24)25)13-21(12-15)11-14-3-2-4-19-10-14/h2-4,10,15-16H,5-9,11-13H2,1H3,(H,24,25)/t15-,16-/m0/s1. The van der Waals surface area contributed by atoms with Crippen molar-refractivity contribution in [3.8, 4) is 0 Å². The summed E-state index contributed by atoms with van der Waals surface area (Å²) in [7, 11) is 2.05. The number of nitrogens with zero attached hydrogens (tertiary/aromatic N) is 4. The molecule has 0 unspecified atom stereocenters. The first-order chi connectivity index (χ1) is 12.0. The van der Waals surface area contributed by atoms with Crippen LogP contribution >= 0.6 is 0 Å². The third kappa shape index (κ3) is 4.55. The van der Waals surface area contributed by atoms with Gasteiger partial charge in [-0.15, -0.1) is 0 Å². The largest absolute Gasteiger partial charge is 0.481 e. The molecule has 2 fully saturated rings. The van der Waals surface area contributed by atoms with Gasteiger partial charge in [0, 0.05) is 58.2 Å². The summed E-state index contributed by atoms with van der Waals surface area (Å²) in [6.07, 6.45) is 3.95.